The number of hydrogen-bond donors (Lipinski definition) is 3. The van der Waals surface area contributed by atoms with E-state index in [-0.39, 0.29) is 18.7 Å². The lowest BCUT2D eigenvalue weighted by Gasteiger charge is -2.15. The maximum absolute atomic E-state index is 11.8. The molecule has 0 aliphatic carbocycles. The van der Waals surface area contributed by atoms with Crippen LogP contribution in [0.3, 0.4) is 0 Å². The van der Waals surface area contributed by atoms with E-state index in [0.717, 1.165) is 24.0 Å². The standard InChI is InChI=1S/C16H26N2O2/c1-3-4-5-8-13(2)18-16(20)17-11-14-9-6-7-10-15(14)12-19/h6-7,9-10,13,19H,3-5,8,11-12H2,1-2H3,(H2,17,18,20). The van der Waals surface area contributed by atoms with Crippen LogP contribution in [0.5, 0.6) is 0 Å². The molecule has 1 aromatic carbocycles. The van der Waals surface area contributed by atoms with Crippen molar-refractivity contribution in [2.45, 2.75) is 58.7 Å². The first-order valence-corrected chi connectivity index (χ1v) is 7.39. The summed E-state index contributed by atoms with van der Waals surface area (Å²) >= 11 is 0. The normalized spacial score (nSPS) is 11.9. The van der Waals surface area contributed by atoms with Crippen molar-refractivity contribution in [3.63, 3.8) is 0 Å². The van der Waals surface area contributed by atoms with Gasteiger partial charge in [-0.25, -0.2) is 4.79 Å². The molecule has 1 aromatic rings. The van der Waals surface area contributed by atoms with E-state index in [4.69, 9.17) is 0 Å². The fourth-order valence-corrected chi connectivity index (χ4v) is 2.11. The van der Waals surface area contributed by atoms with Crippen LogP contribution >= 0.6 is 0 Å². The van der Waals surface area contributed by atoms with Crippen LogP contribution in [0.15, 0.2) is 24.3 Å². The number of unbranched alkanes of at least 4 members (excludes halogenated alkanes) is 2. The van der Waals surface area contributed by atoms with E-state index in [9.17, 15) is 9.90 Å². The smallest absolute Gasteiger partial charge is 0.315 e. The second-order valence-corrected chi connectivity index (χ2v) is 5.15. The van der Waals surface area contributed by atoms with Crippen molar-refractivity contribution in [2.24, 2.45) is 0 Å². The number of benzene rings is 1. The molecule has 112 valence electrons. The molecule has 0 aromatic heterocycles. The molecule has 0 radical (unpaired) electrons. The highest BCUT2D eigenvalue weighted by Crippen LogP contribution is 2.08. The molecule has 0 aliphatic rings. The lowest BCUT2D eigenvalue weighted by molar-refractivity contribution is 0.236. The molecule has 0 spiro atoms. The fourth-order valence-electron chi connectivity index (χ4n) is 2.11. The monoisotopic (exact) mass is 278 g/mol. The Kier molecular flexibility index (Phi) is 7.73. The molecule has 1 unspecified atom stereocenters. The number of carbonyl (C=O) groups excluding carboxylic acids is 1. The predicted octanol–water partition coefficient (Wildman–Crippen LogP) is 2.95. The summed E-state index contributed by atoms with van der Waals surface area (Å²) in [4.78, 5) is 11.8. The Balaban J connectivity index is 2.32. The summed E-state index contributed by atoms with van der Waals surface area (Å²) in [6.07, 6.45) is 4.55. The van der Waals surface area contributed by atoms with E-state index in [1.54, 1.807) is 0 Å². The van der Waals surface area contributed by atoms with Crippen LogP contribution in [-0.4, -0.2) is 17.2 Å². The molecule has 4 nitrogen and oxygen atoms in total. The van der Waals surface area contributed by atoms with E-state index in [2.05, 4.69) is 17.6 Å². The minimum atomic E-state index is -0.151. The van der Waals surface area contributed by atoms with Gasteiger partial charge < -0.3 is 15.7 Å². The average Bonchev–Trinajstić information content (AvgIpc) is 2.45. The maximum Gasteiger partial charge on any atom is 0.315 e. The molecular formula is C16H26N2O2. The quantitative estimate of drug-likeness (QED) is 0.640. The topological polar surface area (TPSA) is 61.4 Å². The van der Waals surface area contributed by atoms with Crippen LogP contribution in [0.25, 0.3) is 0 Å². The van der Waals surface area contributed by atoms with Gasteiger partial charge in [0.15, 0.2) is 0 Å². The molecule has 0 fully saturated rings. The van der Waals surface area contributed by atoms with Gasteiger partial charge in [0.25, 0.3) is 0 Å². The first kappa shape index (κ1) is 16.5. The van der Waals surface area contributed by atoms with Crippen LogP contribution in [0.4, 0.5) is 4.79 Å². The Morgan fingerprint density at radius 1 is 1.25 bits per heavy atom. The van der Waals surface area contributed by atoms with E-state index in [1.165, 1.54) is 12.8 Å². The Hall–Kier alpha value is -1.55. The molecule has 3 N–H and O–H groups in total. The van der Waals surface area contributed by atoms with Crippen LogP contribution in [0.2, 0.25) is 0 Å². The summed E-state index contributed by atoms with van der Waals surface area (Å²) in [7, 11) is 0. The Labute approximate surface area is 121 Å². The lowest BCUT2D eigenvalue weighted by atomic mass is 10.1. The number of aliphatic hydroxyl groups excluding tert-OH is 1. The zero-order valence-corrected chi connectivity index (χ0v) is 12.5. The lowest BCUT2D eigenvalue weighted by Crippen LogP contribution is -2.40. The third kappa shape index (κ3) is 6.06. The fraction of sp³-hybridized carbons (Fsp3) is 0.562. The van der Waals surface area contributed by atoms with Gasteiger partial charge >= 0.3 is 6.03 Å². The van der Waals surface area contributed by atoms with Crippen molar-refractivity contribution in [3.8, 4) is 0 Å². The van der Waals surface area contributed by atoms with E-state index in [0.29, 0.717) is 6.54 Å². The highest BCUT2D eigenvalue weighted by Gasteiger charge is 2.07. The van der Waals surface area contributed by atoms with Crippen LogP contribution in [-0.2, 0) is 13.2 Å². The molecular weight excluding hydrogens is 252 g/mol. The number of aliphatic hydroxyl groups is 1. The molecule has 0 saturated carbocycles. The molecule has 4 heteroatoms. The van der Waals surface area contributed by atoms with Gasteiger partial charge in [0.1, 0.15) is 0 Å². The third-order valence-electron chi connectivity index (χ3n) is 3.35. The molecule has 1 atom stereocenters. The second-order valence-electron chi connectivity index (χ2n) is 5.15. The molecule has 2 amide bonds. The van der Waals surface area contributed by atoms with E-state index in [1.807, 2.05) is 31.2 Å². The van der Waals surface area contributed by atoms with E-state index >= 15 is 0 Å². The zero-order chi connectivity index (χ0) is 14.8. The van der Waals surface area contributed by atoms with Gasteiger partial charge in [0.2, 0.25) is 0 Å². The Morgan fingerprint density at radius 2 is 1.95 bits per heavy atom. The Morgan fingerprint density at radius 3 is 2.60 bits per heavy atom. The summed E-state index contributed by atoms with van der Waals surface area (Å²) < 4.78 is 0. The van der Waals surface area contributed by atoms with Gasteiger partial charge in [-0.15, -0.1) is 0 Å². The summed E-state index contributed by atoms with van der Waals surface area (Å²) in [6, 6.07) is 7.60. The molecule has 0 aliphatic heterocycles. The van der Waals surface area contributed by atoms with Gasteiger partial charge in [0.05, 0.1) is 6.61 Å². The van der Waals surface area contributed by atoms with Gasteiger partial charge in [-0.2, -0.15) is 0 Å². The second kappa shape index (κ2) is 9.37. The summed E-state index contributed by atoms with van der Waals surface area (Å²) in [5.41, 5.74) is 1.80. The summed E-state index contributed by atoms with van der Waals surface area (Å²) in [6.45, 7) is 4.62. The molecule has 0 heterocycles. The van der Waals surface area contributed by atoms with Crippen molar-refractivity contribution < 1.29 is 9.90 Å². The number of rotatable bonds is 8. The number of amides is 2. The van der Waals surface area contributed by atoms with Crippen molar-refractivity contribution in [1.82, 2.24) is 10.6 Å². The van der Waals surface area contributed by atoms with Crippen molar-refractivity contribution in [1.29, 1.82) is 0 Å². The van der Waals surface area contributed by atoms with Crippen LogP contribution in [0.1, 0.15) is 50.7 Å². The summed E-state index contributed by atoms with van der Waals surface area (Å²) in [5.74, 6) is 0. The number of nitrogens with one attached hydrogen (secondary N) is 2. The van der Waals surface area contributed by atoms with Crippen LogP contribution in [0, 0.1) is 0 Å². The van der Waals surface area contributed by atoms with Crippen molar-refractivity contribution in [2.75, 3.05) is 0 Å². The molecule has 1 rings (SSSR count). The minimum absolute atomic E-state index is 0.00705. The average molecular weight is 278 g/mol. The number of carbonyl (C=O) groups is 1. The maximum atomic E-state index is 11.8. The summed E-state index contributed by atoms with van der Waals surface area (Å²) in [5, 5.41) is 15.0. The van der Waals surface area contributed by atoms with Gasteiger partial charge in [-0.05, 0) is 24.5 Å². The molecule has 0 saturated heterocycles. The highest BCUT2D eigenvalue weighted by molar-refractivity contribution is 5.74. The third-order valence-corrected chi connectivity index (χ3v) is 3.35. The Bertz CT molecular complexity index is 407. The van der Waals surface area contributed by atoms with Gasteiger partial charge in [-0.1, -0.05) is 50.5 Å². The highest BCUT2D eigenvalue weighted by atomic mass is 16.3. The van der Waals surface area contributed by atoms with Gasteiger partial charge in [-0.3, -0.25) is 0 Å². The minimum Gasteiger partial charge on any atom is -0.392 e. The van der Waals surface area contributed by atoms with Crippen molar-refractivity contribution >= 4 is 6.03 Å². The number of urea groups is 1. The molecule has 20 heavy (non-hydrogen) atoms. The number of hydrogen-bond acceptors (Lipinski definition) is 2. The molecule has 0 bridgehead atoms. The zero-order valence-electron chi connectivity index (χ0n) is 12.5. The first-order valence-electron chi connectivity index (χ1n) is 7.39. The van der Waals surface area contributed by atoms with E-state index < -0.39 is 0 Å². The van der Waals surface area contributed by atoms with Gasteiger partial charge in [0, 0.05) is 12.6 Å². The predicted molar refractivity (Wildman–Crippen MR) is 81.3 cm³/mol. The largest absolute Gasteiger partial charge is 0.392 e. The van der Waals surface area contributed by atoms with Crippen LogP contribution < -0.4 is 10.6 Å². The SMILES string of the molecule is CCCCCC(C)NC(=O)NCc1ccccc1CO. The van der Waals surface area contributed by atoms with Crippen molar-refractivity contribution in [3.05, 3.63) is 35.4 Å². The first-order chi connectivity index (χ1) is 9.67.